The molecule has 1 aliphatic heterocycles. The molecule has 0 bridgehead atoms. The van der Waals surface area contributed by atoms with Gasteiger partial charge in [0.2, 0.25) is 11.8 Å². The Kier molecular flexibility index (Phi) is 5.62. The molecule has 4 amide bonds. The van der Waals surface area contributed by atoms with E-state index in [1.54, 1.807) is 12.3 Å². The largest absolute Gasteiger partial charge is 0.478 e. The van der Waals surface area contributed by atoms with Gasteiger partial charge in [-0.3, -0.25) is 14.5 Å². The molecule has 8 nitrogen and oxygen atoms in total. The summed E-state index contributed by atoms with van der Waals surface area (Å²) in [5, 5.41) is 5.59. The van der Waals surface area contributed by atoms with Crippen LogP contribution < -0.4 is 15.4 Å². The van der Waals surface area contributed by atoms with E-state index in [1.807, 2.05) is 19.9 Å². The minimum atomic E-state index is -0.846. The fraction of sp³-hybridized carbons (Fsp3) is 0.579. The van der Waals surface area contributed by atoms with Crippen molar-refractivity contribution in [2.45, 2.75) is 51.6 Å². The van der Waals surface area contributed by atoms with Gasteiger partial charge in [-0.2, -0.15) is 0 Å². The highest BCUT2D eigenvalue weighted by Crippen LogP contribution is 2.38. The third-order valence-electron chi connectivity index (χ3n) is 5.41. The Hall–Kier alpha value is -2.64. The number of pyridine rings is 1. The maximum absolute atomic E-state index is 12.9. The summed E-state index contributed by atoms with van der Waals surface area (Å²) >= 11 is 0. The number of ether oxygens (including phenoxy) is 1. The highest BCUT2D eigenvalue weighted by molar-refractivity contribution is 6.09. The molecular weight excluding hydrogens is 348 g/mol. The van der Waals surface area contributed by atoms with Crippen molar-refractivity contribution in [1.29, 1.82) is 0 Å². The normalized spacial score (nSPS) is 24.8. The number of aromatic nitrogens is 1. The molecule has 2 heterocycles. The Labute approximate surface area is 158 Å². The van der Waals surface area contributed by atoms with E-state index in [9.17, 15) is 14.4 Å². The van der Waals surface area contributed by atoms with Crippen molar-refractivity contribution < 1.29 is 19.1 Å². The molecule has 1 spiro atoms. The average Bonchev–Trinajstić information content (AvgIpc) is 2.89. The molecule has 27 heavy (non-hydrogen) atoms. The molecule has 1 saturated heterocycles. The van der Waals surface area contributed by atoms with Crippen LogP contribution in [0.2, 0.25) is 0 Å². The molecule has 0 radical (unpaired) electrons. The van der Waals surface area contributed by atoms with Crippen LogP contribution in [0.5, 0.6) is 5.88 Å². The van der Waals surface area contributed by atoms with Gasteiger partial charge in [-0.25, -0.2) is 9.78 Å². The van der Waals surface area contributed by atoms with E-state index in [4.69, 9.17) is 4.74 Å². The average molecular weight is 374 g/mol. The summed E-state index contributed by atoms with van der Waals surface area (Å²) in [5.41, 5.74) is -0.108. The summed E-state index contributed by atoms with van der Waals surface area (Å²) in [6.07, 6.45) is 5.10. The number of nitrogens with zero attached hydrogens (tertiary/aromatic N) is 2. The van der Waals surface area contributed by atoms with Crippen molar-refractivity contribution in [3.8, 4) is 5.88 Å². The number of carbonyl (C=O) groups excluding carboxylic acids is 3. The molecule has 1 saturated carbocycles. The Morgan fingerprint density at radius 1 is 1.44 bits per heavy atom. The van der Waals surface area contributed by atoms with Crippen molar-refractivity contribution in [1.82, 2.24) is 20.5 Å². The Bertz CT molecular complexity index is 738. The van der Waals surface area contributed by atoms with Crippen LogP contribution in [-0.2, 0) is 16.1 Å². The van der Waals surface area contributed by atoms with Gasteiger partial charge in [0.15, 0.2) is 0 Å². The number of amides is 4. The van der Waals surface area contributed by atoms with E-state index >= 15 is 0 Å². The topological polar surface area (TPSA) is 101 Å². The van der Waals surface area contributed by atoms with Gasteiger partial charge in [-0.05, 0) is 31.7 Å². The fourth-order valence-corrected chi connectivity index (χ4v) is 3.86. The lowest BCUT2D eigenvalue weighted by atomic mass is 9.73. The smallest absolute Gasteiger partial charge is 0.325 e. The summed E-state index contributed by atoms with van der Waals surface area (Å²) in [6, 6.07) is 3.08. The van der Waals surface area contributed by atoms with Crippen LogP contribution in [0, 0.1) is 5.92 Å². The minimum absolute atomic E-state index is 0.0694. The molecule has 1 aromatic rings. The Morgan fingerprint density at radius 3 is 3.00 bits per heavy atom. The van der Waals surface area contributed by atoms with Gasteiger partial charge < -0.3 is 15.4 Å². The highest BCUT2D eigenvalue weighted by atomic mass is 16.5. The van der Waals surface area contributed by atoms with E-state index in [0.717, 1.165) is 29.7 Å². The zero-order valence-corrected chi connectivity index (χ0v) is 15.8. The molecule has 146 valence electrons. The summed E-state index contributed by atoms with van der Waals surface area (Å²) in [6.45, 7) is 4.24. The van der Waals surface area contributed by atoms with Crippen LogP contribution in [0.3, 0.4) is 0 Å². The van der Waals surface area contributed by atoms with Crippen molar-refractivity contribution >= 4 is 17.8 Å². The van der Waals surface area contributed by atoms with E-state index in [-0.39, 0.29) is 24.9 Å². The number of urea groups is 1. The first kappa shape index (κ1) is 19.1. The van der Waals surface area contributed by atoms with Gasteiger partial charge in [-0.15, -0.1) is 0 Å². The molecule has 2 N–H and O–H groups in total. The van der Waals surface area contributed by atoms with Gasteiger partial charge in [0, 0.05) is 18.3 Å². The summed E-state index contributed by atoms with van der Waals surface area (Å²) in [4.78, 5) is 42.7. The van der Waals surface area contributed by atoms with Gasteiger partial charge in [0.05, 0.1) is 6.61 Å². The zero-order chi connectivity index (χ0) is 19.4. The second kappa shape index (κ2) is 7.94. The van der Waals surface area contributed by atoms with Crippen LogP contribution in [0.15, 0.2) is 18.3 Å². The molecule has 1 aromatic heterocycles. The fourth-order valence-electron chi connectivity index (χ4n) is 3.86. The predicted molar refractivity (Wildman–Crippen MR) is 97.9 cm³/mol. The number of hydrogen-bond donors (Lipinski definition) is 2. The number of hydrogen-bond acceptors (Lipinski definition) is 5. The molecule has 2 aliphatic rings. The number of imide groups is 1. The van der Waals surface area contributed by atoms with Gasteiger partial charge in [0.1, 0.15) is 12.1 Å². The molecule has 1 aliphatic carbocycles. The third kappa shape index (κ3) is 3.74. The predicted octanol–water partition coefficient (Wildman–Crippen LogP) is 1.60. The maximum Gasteiger partial charge on any atom is 0.325 e. The molecule has 2 fully saturated rings. The summed E-state index contributed by atoms with van der Waals surface area (Å²) < 4.78 is 5.43. The first-order chi connectivity index (χ1) is 13.0. The van der Waals surface area contributed by atoms with Crippen molar-refractivity contribution in [3.63, 3.8) is 0 Å². The lowest BCUT2D eigenvalue weighted by Gasteiger charge is -2.36. The standard InChI is InChI=1S/C19H26N4O4/c1-3-27-16-14(8-6-10-20-16)11-21-15(24)12-23-17(25)19(22-18(23)26)9-5-4-7-13(19)2/h6,8,10,13H,3-5,7,9,11-12H2,1-2H3,(H,21,24)(H,22,26)/t13-,19-/m0/s1. The third-order valence-corrected chi connectivity index (χ3v) is 5.41. The minimum Gasteiger partial charge on any atom is -0.478 e. The van der Waals surface area contributed by atoms with Crippen LogP contribution >= 0.6 is 0 Å². The van der Waals surface area contributed by atoms with E-state index in [0.29, 0.717) is 18.9 Å². The summed E-state index contributed by atoms with van der Waals surface area (Å²) in [5.74, 6) is -0.151. The van der Waals surface area contributed by atoms with Gasteiger partial charge >= 0.3 is 6.03 Å². The Morgan fingerprint density at radius 2 is 2.26 bits per heavy atom. The number of nitrogens with one attached hydrogen (secondary N) is 2. The maximum atomic E-state index is 12.9. The van der Waals surface area contributed by atoms with Crippen LogP contribution in [-0.4, -0.2) is 46.4 Å². The molecule has 0 aromatic carbocycles. The Balaban J connectivity index is 1.61. The van der Waals surface area contributed by atoms with Crippen molar-refractivity contribution in [3.05, 3.63) is 23.9 Å². The van der Waals surface area contributed by atoms with E-state index in [2.05, 4.69) is 15.6 Å². The quantitative estimate of drug-likeness (QED) is 0.737. The first-order valence-corrected chi connectivity index (χ1v) is 9.45. The first-order valence-electron chi connectivity index (χ1n) is 9.45. The monoisotopic (exact) mass is 374 g/mol. The molecule has 0 unspecified atom stereocenters. The van der Waals surface area contributed by atoms with Gasteiger partial charge in [-0.1, -0.05) is 25.8 Å². The van der Waals surface area contributed by atoms with E-state index in [1.165, 1.54) is 0 Å². The SMILES string of the molecule is CCOc1ncccc1CNC(=O)CN1C(=O)N[C@]2(CCCC[C@@H]2C)C1=O. The van der Waals surface area contributed by atoms with Crippen molar-refractivity contribution in [2.75, 3.05) is 13.2 Å². The molecule has 8 heteroatoms. The second-order valence-electron chi connectivity index (χ2n) is 7.12. The lowest BCUT2D eigenvalue weighted by molar-refractivity contribution is -0.137. The number of carbonyl (C=O) groups is 3. The summed E-state index contributed by atoms with van der Waals surface area (Å²) in [7, 11) is 0. The number of rotatable bonds is 6. The van der Waals surface area contributed by atoms with Crippen LogP contribution in [0.25, 0.3) is 0 Å². The van der Waals surface area contributed by atoms with E-state index < -0.39 is 17.5 Å². The van der Waals surface area contributed by atoms with Gasteiger partial charge in [0.25, 0.3) is 5.91 Å². The second-order valence-corrected chi connectivity index (χ2v) is 7.12. The van der Waals surface area contributed by atoms with Crippen LogP contribution in [0.4, 0.5) is 4.79 Å². The molecule has 3 rings (SSSR count). The molecular formula is C19H26N4O4. The molecule has 2 atom stereocenters. The zero-order valence-electron chi connectivity index (χ0n) is 15.8. The van der Waals surface area contributed by atoms with Crippen LogP contribution in [0.1, 0.15) is 45.1 Å². The van der Waals surface area contributed by atoms with Crippen molar-refractivity contribution in [2.24, 2.45) is 5.92 Å². The lowest BCUT2D eigenvalue weighted by Crippen LogP contribution is -2.54. The highest BCUT2D eigenvalue weighted by Gasteiger charge is 2.55.